The highest BCUT2D eigenvalue weighted by molar-refractivity contribution is 5.96. The van der Waals surface area contributed by atoms with Crippen molar-refractivity contribution in [1.82, 2.24) is 4.98 Å². The van der Waals surface area contributed by atoms with Gasteiger partial charge in [-0.25, -0.2) is 0 Å². The number of carbonyl (C=O) groups excluding carboxylic acids is 1. The van der Waals surface area contributed by atoms with E-state index in [9.17, 15) is 4.79 Å². The van der Waals surface area contributed by atoms with E-state index >= 15 is 0 Å². The van der Waals surface area contributed by atoms with Gasteiger partial charge in [0, 0.05) is 5.69 Å². The SMILES string of the molecule is O=C1COc2ccc(NCc3ccc(O)cn3)cc2N1. The second kappa shape index (κ2) is 5.08. The van der Waals surface area contributed by atoms with Gasteiger partial charge >= 0.3 is 0 Å². The van der Waals surface area contributed by atoms with Gasteiger partial charge in [0.25, 0.3) is 5.91 Å². The van der Waals surface area contributed by atoms with E-state index in [-0.39, 0.29) is 18.3 Å². The lowest BCUT2D eigenvalue weighted by Crippen LogP contribution is -2.25. The highest BCUT2D eigenvalue weighted by Crippen LogP contribution is 2.30. The molecule has 0 radical (unpaired) electrons. The first-order valence-electron chi connectivity index (χ1n) is 6.15. The maximum atomic E-state index is 11.3. The van der Waals surface area contributed by atoms with Crippen molar-refractivity contribution in [3.8, 4) is 11.5 Å². The summed E-state index contributed by atoms with van der Waals surface area (Å²) in [5.74, 6) is 0.648. The standard InChI is InChI=1S/C14H13N3O3/c18-11-3-1-10(16-7-11)6-15-9-2-4-13-12(5-9)17-14(19)8-20-13/h1-5,7,15,18H,6,8H2,(H,17,19). The topological polar surface area (TPSA) is 83.5 Å². The average molecular weight is 271 g/mol. The van der Waals surface area contributed by atoms with Gasteiger partial charge in [0.2, 0.25) is 0 Å². The Morgan fingerprint density at radius 2 is 2.25 bits per heavy atom. The monoisotopic (exact) mass is 271 g/mol. The van der Waals surface area contributed by atoms with Crippen LogP contribution in [0.25, 0.3) is 0 Å². The van der Waals surface area contributed by atoms with E-state index in [4.69, 9.17) is 9.84 Å². The fourth-order valence-electron chi connectivity index (χ4n) is 1.91. The van der Waals surface area contributed by atoms with Crippen LogP contribution in [-0.2, 0) is 11.3 Å². The molecule has 1 aromatic heterocycles. The Hall–Kier alpha value is -2.76. The summed E-state index contributed by atoms with van der Waals surface area (Å²) in [7, 11) is 0. The van der Waals surface area contributed by atoms with Crippen molar-refractivity contribution in [2.45, 2.75) is 6.54 Å². The zero-order valence-corrected chi connectivity index (χ0v) is 10.6. The number of anilines is 2. The van der Waals surface area contributed by atoms with Crippen LogP contribution >= 0.6 is 0 Å². The molecule has 6 nitrogen and oxygen atoms in total. The van der Waals surface area contributed by atoms with Crippen LogP contribution in [0.3, 0.4) is 0 Å². The van der Waals surface area contributed by atoms with Gasteiger partial charge in [-0.1, -0.05) is 0 Å². The smallest absolute Gasteiger partial charge is 0.262 e. The fraction of sp³-hybridized carbons (Fsp3) is 0.143. The Morgan fingerprint density at radius 3 is 3.05 bits per heavy atom. The summed E-state index contributed by atoms with van der Waals surface area (Å²) in [6.07, 6.45) is 1.40. The van der Waals surface area contributed by atoms with Gasteiger partial charge in [-0.15, -0.1) is 0 Å². The molecule has 1 aliphatic rings. The number of amides is 1. The Balaban J connectivity index is 1.70. The predicted octanol–water partition coefficient (Wildman–Crippen LogP) is 1.73. The van der Waals surface area contributed by atoms with Gasteiger partial charge < -0.3 is 20.5 Å². The van der Waals surface area contributed by atoms with Crippen LogP contribution in [-0.4, -0.2) is 22.6 Å². The fourth-order valence-corrected chi connectivity index (χ4v) is 1.91. The zero-order chi connectivity index (χ0) is 13.9. The van der Waals surface area contributed by atoms with E-state index in [0.717, 1.165) is 11.4 Å². The van der Waals surface area contributed by atoms with Crippen LogP contribution in [0.1, 0.15) is 5.69 Å². The third-order valence-corrected chi connectivity index (χ3v) is 2.90. The summed E-state index contributed by atoms with van der Waals surface area (Å²) in [6, 6.07) is 8.82. The molecule has 102 valence electrons. The van der Waals surface area contributed by atoms with Crippen molar-refractivity contribution in [1.29, 1.82) is 0 Å². The Bertz CT molecular complexity index is 641. The van der Waals surface area contributed by atoms with E-state index < -0.39 is 0 Å². The highest BCUT2D eigenvalue weighted by Gasteiger charge is 2.15. The number of hydrogen-bond acceptors (Lipinski definition) is 5. The Morgan fingerprint density at radius 1 is 1.35 bits per heavy atom. The second-order valence-electron chi connectivity index (χ2n) is 4.41. The van der Waals surface area contributed by atoms with Crippen LogP contribution in [0, 0.1) is 0 Å². The number of pyridine rings is 1. The van der Waals surface area contributed by atoms with Crippen molar-refractivity contribution >= 4 is 17.3 Å². The van der Waals surface area contributed by atoms with E-state index in [1.165, 1.54) is 6.20 Å². The summed E-state index contributed by atoms with van der Waals surface area (Å²) in [4.78, 5) is 15.3. The minimum absolute atomic E-state index is 0.0528. The number of nitrogens with zero attached hydrogens (tertiary/aromatic N) is 1. The molecule has 0 saturated carbocycles. The van der Waals surface area contributed by atoms with Gasteiger partial charge in [0.05, 0.1) is 24.1 Å². The molecular formula is C14H13N3O3. The van der Waals surface area contributed by atoms with Crippen LogP contribution in [0.15, 0.2) is 36.5 Å². The first-order valence-corrected chi connectivity index (χ1v) is 6.15. The van der Waals surface area contributed by atoms with E-state index in [1.54, 1.807) is 18.2 Å². The maximum absolute atomic E-state index is 11.3. The van der Waals surface area contributed by atoms with Crippen molar-refractivity contribution in [3.63, 3.8) is 0 Å². The maximum Gasteiger partial charge on any atom is 0.262 e. The van der Waals surface area contributed by atoms with Gasteiger partial charge in [0.1, 0.15) is 11.5 Å². The van der Waals surface area contributed by atoms with Crippen LogP contribution in [0.4, 0.5) is 11.4 Å². The minimum atomic E-state index is -0.158. The van der Waals surface area contributed by atoms with Crippen LogP contribution in [0.5, 0.6) is 11.5 Å². The first-order chi connectivity index (χ1) is 9.70. The number of fused-ring (bicyclic) bond motifs is 1. The Labute approximate surface area is 115 Å². The molecule has 0 unspecified atom stereocenters. The molecule has 2 aromatic rings. The lowest BCUT2D eigenvalue weighted by atomic mass is 10.2. The lowest BCUT2D eigenvalue weighted by Gasteiger charge is -2.18. The molecule has 1 aliphatic heterocycles. The number of carbonyl (C=O) groups is 1. The van der Waals surface area contributed by atoms with E-state index in [2.05, 4.69) is 15.6 Å². The van der Waals surface area contributed by atoms with Crippen molar-refractivity contribution in [2.75, 3.05) is 17.2 Å². The molecule has 0 saturated heterocycles. The molecule has 0 fully saturated rings. The second-order valence-corrected chi connectivity index (χ2v) is 4.41. The molecule has 2 heterocycles. The molecule has 1 aromatic carbocycles. The normalized spacial score (nSPS) is 13.1. The highest BCUT2D eigenvalue weighted by atomic mass is 16.5. The number of ether oxygens (including phenoxy) is 1. The molecule has 20 heavy (non-hydrogen) atoms. The molecular weight excluding hydrogens is 258 g/mol. The molecule has 0 atom stereocenters. The number of hydrogen-bond donors (Lipinski definition) is 3. The summed E-state index contributed by atoms with van der Waals surface area (Å²) >= 11 is 0. The molecule has 0 spiro atoms. The largest absolute Gasteiger partial charge is 0.506 e. The zero-order valence-electron chi connectivity index (χ0n) is 10.6. The number of nitrogens with one attached hydrogen (secondary N) is 2. The molecule has 3 N–H and O–H groups in total. The van der Waals surface area contributed by atoms with Gasteiger partial charge in [0.15, 0.2) is 6.61 Å². The number of aromatic nitrogens is 1. The summed E-state index contributed by atoms with van der Waals surface area (Å²) in [6.45, 7) is 0.574. The van der Waals surface area contributed by atoms with Crippen LogP contribution in [0.2, 0.25) is 0 Å². The molecule has 0 aliphatic carbocycles. The number of benzene rings is 1. The van der Waals surface area contributed by atoms with Crippen molar-refractivity contribution in [3.05, 3.63) is 42.2 Å². The van der Waals surface area contributed by atoms with Gasteiger partial charge in [-0.05, 0) is 30.3 Å². The third kappa shape index (κ3) is 2.64. The third-order valence-electron chi connectivity index (χ3n) is 2.90. The molecule has 0 bridgehead atoms. The minimum Gasteiger partial charge on any atom is -0.506 e. The summed E-state index contributed by atoms with van der Waals surface area (Å²) < 4.78 is 5.29. The first kappa shape index (κ1) is 12.3. The molecule has 3 rings (SSSR count). The van der Waals surface area contributed by atoms with E-state index in [1.807, 2.05) is 12.1 Å². The Kier molecular flexibility index (Phi) is 3.12. The molecule has 6 heteroatoms. The van der Waals surface area contributed by atoms with Crippen LogP contribution < -0.4 is 15.4 Å². The van der Waals surface area contributed by atoms with E-state index in [0.29, 0.717) is 18.0 Å². The lowest BCUT2D eigenvalue weighted by molar-refractivity contribution is -0.118. The van der Waals surface area contributed by atoms with Gasteiger partial charge in [-0.3, -0.25) is 9.78 Å². The average Bonchev–Trinajstić information content (AvgIpc) is 2.46. The van der Waals surface area contributed by atoms with Crippen molar-refractivity contribution in [2.24, 2.45) is 0 Å². The molecule has 1 amide bonds. The van der Waals surface area contributed by atoms with Gasteiger partial charge in [-0.2, -0.15) is 0 Å². The number of aromatic hydroxyl groups is 1. The van der Waals surface area contributed by atoms with Crippen molar-refractivity contribution < 1.29 is 14.6 Å². The summed E-state index contributed by atoms with van der Waals surface area (Å²) in [5, 5.41) is 15.1. The quantitative estimate of drug-likeness (QED) is 0.791. The summed E-state index contributed by atoms with van der Waals surface area (Å²) in [5.41, 5.74) is 2.31. The predicted molar refractivity (Wildman–Crippen MR) is 73.8 cm³/mol. The number of rotatable bonds is 3.